The Labute approximate surface area is 162 Å². The Morgan fingerprint density at radius 3 is 2.67 bits per heavy atom. The highest BCUT2D eigenvalue weighted by Gasteiger charge is 2.15. The number of carbonyl (C=O) groups excluding carboxylic acids is 1. The number of carbonyl (C=O) groups is 1. The van der Waals surface area contributed by atoms with E-state index >= 15 is 0 Å². The van der Waals surface area contributed by atoms with E-state index in [9.17, 15) is 9.18 Å². The molecule has 0 radical (unpaired) electrons. The van der Waals surface area contributed by atoms with E-state index in [0.29, 0.717) is 18.8 Å². The van der Waals surface area contributed by atoms with E-state index < -0.39 is 0 Å². The molecule has 1 aromatic heterocycles. The second-order valence-corrected chi connectivity index (χ2v) is 6.95. The molecule has 1 amide bonds. The Morgan fingerprint density at radius 1 is 1.22 bits per heavy atom. The molecule has 3 rings (SSSR count). The Balaban J connectivity index is 1.66. The van der Waals surface area contributed by atoms with Crippen LogP contribution in [0.15, 0.2) is 53.9 Å². The second kappa shape index (κ2) is 8.77. The summed E-state index contributed by atoms with van der Waals surface area (Å²) >= 11 is 1.42. The number of rotatable bonds is 7. The molecule has 6 heteroatoms. The van der Waals surface area contributed by atoms with Gasteiger partial charge in [0.05, 0.1) is 19.2 Å². The Bertz CT molecular complexity index is 909. The molecule has 0 aliphatic carbocycles. The van der Waals surface area contributed by atoms with Crippen LogP contribution in [0, 0.1) is 5.82 Å². The number of amides is 1. The van der Waals surface area contributed by atoms with Crippen molar-refractivity contribution in [1.82, 2.24) is 9.88 Å². The number of hydrogen-bond acceptors (Lipinski definition) is 4. The fourth-order valence-corrected chi connectivity index (χ4v) is 3.55. The minimum atomic E-state index is -0.294. The van der Waals surface area contributed by atoms with Crippen molar-refractivity contribution in [1.29, 1.82) is 0 Å². The molecule has 140 valence electrons. The Hall–Kier alpha value is -2.73. The van der Waals surface area contributed by atoms with E-state index in [1.807, 2.05) is 42.6 Å². The van der Waals surface area contributed by atoms with Crippen molar-refractivity contribution in [2.45, 2.75) is 19.9 Å². The second-order valence-electron chi connectivity index (χ2n) is 6.09. The summed E-state index contributed by atoms with van der Waals surface area (Å²) in [6.45, 7) is 3.12. The van der Waals surface area contributed by atoms with Crippen LogP contribution in [0.1, 0.15) is 18.2 Å². The van der Waals surface area contributed by atoms with Crippen molar-refractivity contribution in [2.24, 2.45) is 0 Å². The molecule has 3 aromatic rings. The van der Waals surface area contributed by atoms with Gasteiger partial charge in [0.2, 0.25) is 5.91 Å². The van der Waals surface area contributed by atoms with Gasteiger partial charge in [0, 0.05) is 24.0 Å². The number of ether oxygens (including phenoxy) is 1. The molecule has 0 saturated carbocycles. The van der Waals surface area contributed by atoms with Gasteiger partial charge in [-0.1, -0.05) is 24.3 Å². The molecule has 0 fully saturated rings. The smallest absolute Gasteiger partial charge is 0.228 e. The lowest BCUT2D eigenvalue weighted by Crippen LogP contribution is -2.31. The maximum Gasteiger partial charge on any atom is 0.228 e. The van der Waals surface area contributed by atoms with E-state index in [1.54, 1.807) is 18.1 Å². The van der Waals surface area contributed by atoms with E-state index in [1.165, 1.54) is 23.5 Å². The molecule has 0 unspecified atom stereocenters. The number of aromatic nitrogens is 1. The van der Waals surface area contributed by atoms with Gasteiger partial charge in [0.25, 0.3) is 0 Å². The van der Waals surface area contributed by atoms with Gasteiger partial charge in [-0.2, -0.15) is 0 Å². The highest BCUT2D eigenvalue weighted by molar-refractivity contribution is 7.13. The number of likely N-dealkylation sites (N-methyl/N-ethyl adjacent to an activating group) is 1. The lowest BCUT2D eigenvalue weighted by molar-refractivity contribution is -0.130. The number of nitrogens with zero attached hydrogens (tertiary/aromatic N) is 2. The fraction of sp³-hybridized carbons (Fsp3) is 0.238. The highest BCUT2D eigenvalue weighted by atomic mass is 32.1. The first-order chi connectivity index (χ1) is 13.1. The normalized spacial score (nSPS) is 10.6. The van der Waals surface area contributed by atoms with Crippen LogP contribution >= 0.6 is 11.3 Å². The predicted octanol–water partition coefficient (Wildman–Crippen LogP) is 4.55. The lowest BCUT2D eigenvalue weighted by Gasteiger charge is -2.20. The van der Waals surface area contributed by atoms with Gasteiger partial charge in [0.1, 0.15) is 16.6 Å². The summed E-state index contributed by atoms with van der Waals surface area (Å²) in [7, 11) is 1.63. The largest absolute Gasteiger partial charge is 0.497 e. The first-order valence-corrected chi connectivity index (χ1v) is 9.58. The van der Waals surface area contributed by atoms with Gasteiger partial charge in [-0.05, 0) is 36.8 Å². The SMILES string of the molecule is CCN(Cc1ccc(OC)cc1)C(=O)Cc1csc(-c2cccc(F)c2)n1. The van der Waals surface area contributed by atoms with Gasteiger partial charge in [-0.3, -0.25) is 4.79 Å². The zero-order valence-electron chi connectivity index (χ0n) is 15.3. The van der Waals surface area contributed by atoms with Gasteiger partial charge in [-0.15, -0.1) is 11.3 Å². The zero-order valence-corrected chi connectivity index (χ0v) is 16.1. The molecule has 0 saturated heterocycles. The zero-order chi connectivity index (χ0) is 19.2. The average Bonchev–Trinajstić information content (AvgIpc) is 3.15. The van der Waals surface area contributed by atoms with Gasteiger partial charge in [0.15, 0.2) is 0 Å². The molecular weight excluding hydrogens is 363 g/mol. The summed E-state index contributed by atoms with van der Waals surface area (Å²) in [5.41, 5.74) is 2.48. The summed E-state index contributed by atoms with van der Waals surface area (Å²) in [4.78, 5) is 19.0. The Kier molecular flexibility index (Phi) is 6.19. The maximum absolute atomic E-state index is 13.4. The van der Waals surface area contributed by atoms with Gasteiger partial charge >= 0.3 is 0 Å². The number of hydrogen-bond donors (Lipinski definition) is 0. The van der Waals surface area contributed by atoms with Gasteiger partial charge in [-0.25, -0.2) is 9.37 Å². The summed E-state index contributed by atoms with van der Waals surface area (Å²) in [6, 6.07) is 14.0. The molecule has 0 aliphatic heterocycles. The molecule has 2 aromatic carbocycles. The molecule has 0 spiro atoms. The predicted molar refractivity (Wildman–Crippen MR) is 105 cm³/mol. The average molecular weight is 384 g/mol. The summed E-state index contributed by atoms with van der Waals surface area (Å²) < 4.78 is 18.5. The van der Waals surface area contributed by atoms with Crippen molar-refractivity contribution in [3.05, 3.63) is 71.0 Å². The van der Waals surface area contributed by atoms with E-state index in [-0.39, 0.29) is 18.1 Å². The third-order valence-corrected chi connectivity index (χ3v) is 5.16. The van der Waals surface area contributed by atoms with E-state index in [0.717, 1.165) is 21.9 Å². The minimum absolute atomic E-state index is 0.0180. The number of benzene rings is 2. The van der Waals surface area contributed by atoms with Crippen LogP contribution in [0.5, 0.6) is 5.75 Å². The third-order valence-electron chi connectivity index (χ3n) is 4.22. The van der Waals surface area contributed by atoms with Crippen LogP contribution in [-0.4, -0.2) is 29.4 Å². The summed E-state index contributed by atoms with van der Waals surface area (Å²) in [6.07, 6.45) is 0.232. The standard InChI is InChI=1S/C21H21FN2O2S/c1-3-24(13-15-7-9-19(26-2)10-8-15)20(25)12-18-14-27-21(23-18)16-5-4-6-17(22)11-16/h4-11,14H,3,12-13H2,1-2H3. The molecule has 0 bridgehead atoms. The van der Waals surface area contributed by atoms with Crippen molar-refractivity contribution in [3.8, 4) is 16.3 Å². The molecule has 0 atom stereocenters. The first-order valence-electron chi connectivity index (χ1n) is 8.70. The lowest BCUT2D eigenvalue weighted by atomic mass is 10.2. The van der Waals surface area contributed by atoms with Crippen LogP contribution < -0.4 is 4.74 Å². The molecule has 0 aliphatic rings. The van der Waals surface area contributed by atoms with Crippen LogP contribution in [0.25, 0.3) is 10.6 Å². The van der Waals surface area contributed by atoms with E-state index in [2.05, 4.69) is 4.98 Å². The highest BCUT2D eigenvalue weighted by Crippen LogP contribution is 2.24. The molecule has 4 nitrogen and oxygen atoms in total. The number of halogens is 1. The van der Waals surface area contributed by atoms with Crippen molar-refractivity contribution >= 4 is 17.2 Å². The third kappa shape index (κ3) is 4.92. The van der Waals surface area contributed by atoms with Crippen molar-refractivity contribution in [3.63, 3.8) is 0 Å². The van der Waals surface area contributed by atoms with Crippen LogP contribution in [0.2, 0.25) is 0 Å². The molecule has 27 heavy (non-hydrogen) atoms. The molecule has 0 N–H and O–H groups in total. The monoisotopic (exact) mass is 384 g/mol. The topological polar surface area (TPSA) is 42.4 Å². The first kappa shape index (κ1) is 19.0. The summed E-state index contributed by atoms with van der Waals surface area (Å²) in [5, 5.41) is 2.58. The minimum Gasteiger partial charge on any atom is -0.497 e. The quantitative estimate of drug-likeness (QED) is 0.600. The molecule has 1 heterocycles. The van der Waals surface area contributed by atoms with Gasteiger partial charge < -0.3 is 9.64 Å². The van der Waals surface area contributed by atoms with Crippen LogP contribution in [0.3, 0.4) is 0 Å². The van der Waals surface area contributed by atoms with Crippen LogP contribution in [0.4, 0.5) is 4.39 Å². The molecular formula is C21H21FN2O2S. The maximum atomic E-state index is 13.4. The number of thiazole rings is 1. The van der Waals surface area contributed by atoms with Crippen molar-refractivity contribution in [2.75, 3.05) is 13.7 Å². The van der Waals surface area contributed by atoms with Crippen LogP contribution in [-0.2, 0) is 17.8 Å². The number of methoxy groups -OCH3 is 1. The fourth-order valence-electron chi connectivity index (χ4n) is 2.74. The van der Waals surface area contributed by atoms with Crippen molar-refractivity contribution < 1.29 is 13.9 Å². The van der Waals surface area contributed by atoms with E-state index in [4.69, 9.17) is 4.74 Å². The summed E-state index contributed by atoms with van der Waals surface area (Å²) in [5.74, 6) is 0.516. The Morgan fingerprint density at radius 2 is 2.00 bits per heavy atom.